The molecule has 0 N–H and O–H groups in total. The van der Waals surface area contributed by atoms with Crippen LogP contribution in [0.4, 0.5) is 28.4 Å². The fourth-order valence-electron chi connectivity index (χ4n) is 14.3. The van der Waals surface area contributed by atoms with Gasteiger partial charge < -0.3 is 14.2 Å². The van der Waals surface area contributed by atoms with Gasteiger partial charge in [0, 0.05) is 39.6 Å². The van der Waals surface area contributed by atoms with Crippen LogP contribution in [0.2, 0.25) is 0 Å². The van der Waals surface area contributed by atoms with Crippen LogP contribution in [-0.4, -0.2) is 6.71 Å². The molecule has 1 aromatic heterocycles. The summed E-state index contributed by atoms with van der Waals surface area (Å²) in [7, 11) is 0. The van der Waals surface area contributed by atoms with E-state index in [1.54, 1.807) is 0 Å². The lowest BCUT2D eigenvalue weighted by Gasteiger charge is -2.47. The molecule has 0 radical (unpaired) electrons. The summed E-state index contributed by atoms with van der Waals surface area (Å²) in [5.41, 5.74) is 25.5. The van der Waals surface area contributed by atoms with Gasteiger partial charge in [0.25, 0.3) is 6.71 Å². The van der Waals surface area contributed by atoms with Gasteiger partial charge >= 0.3 is 0 Å². The van der Waals surface area contributed by atoms with E-state index in [0.29, 0.717) is 5.92 Å². The molecule has 4 aliphatic carbocycles. The Morgan fingerprint density at radius 2 is 1.19 bits per heavy atom. The number of furan rings is 1. The first-order valence-electron chi connectivity index (χ1n) is 26.9. The van der Waals surface area contributed by atoms with Gasteiger partial charge in [0.15, 0.2) is 0 Å². The van der Waals surface area contributed by atoms with Crippen molar-refractivity contribution in [2.75, 3.05) is 9.80 Å². The molecule has 3 heterocycles. The molecule has 1 fully saturated rings. The van der Waals surface area contributed by atoms with E-state index in [2.05, 4.69) is 218 Å². The second-order valence-corrected chi connectivity index (χ2v) is 28.0. The fourth-order valence-corrected chi connectivity index (χ4v) is 14.3. The number of hydrogen-bond acceptors (Lipinski definition) is 3. The number of benzene rings is 5. The summed E-state index contributed by atoms with van der Waals surface area (Å²) in [6.45, 7) is 38.7. The second kappa shape index (κ2) is 14.5. The van der Waals surface area contributed by atoms with Crippen LogP contribution in [0.3, 0.4) is 0 Å². The van der Waals surface area contributed by atoms with Crippen LogP contribution in [0.5, 0.6) is 0 Å². The zero-order chi connectivity index (χ0) is 49.6. The van der Waals surface area contributed by atoms with Crippen LogP contribution in [0.15, 0.2) is 113 Å². The summed E-state index contributed by atoms with van der Waals surface area (Å²) >= 11 is 0. The van der Waals surface area contributed by atoms with Crippen LogP contribution in [0, 0.1) is 11.3 Å². The molecule has 70 heavy (non-hydrogen) atoms. The highest BCUT2D eigenvalue weighted by Crippen LogP contribution is 2.62. The average molecular weight is 925 g/mol. The summed E-state index contributed by atoms with van der Waals surface area (Å²) in [4.78, 5) is 5.44. The summed E-state index contributed by atoms with van der Waals surface area (Å²) in [5.74, 6) is 0.317. The summed E-state index contributed by atoms with van der Waals surface area (Å²) in [6.07, 6.45) is 12.0. The third kappa shape index (κ3) is 6.58. The van der Waals surface area contributed by atoms with E-state index < -0.39 is 0 Å². The molecular formula is C66H77BN2O. The third-order valence-corrected chi connectivity index (χ3v) is 18.8. The number of allylic oxidation sites excluding steroid dienone is 4. The van der Waals surface area contributed by atoms with Crippen molar-refractivity contribution in [1.29, 1.82) is 0 Å². The molecule has 360 valence electrons. The molecule has 5 aromatic carbocycles. The molecule has 12 rings (SSSR count). The van der Waals surface area contributed by atoms with Crippen molar-refractivity contribution >= 4 is 62.7 Å². The summed E-state index contributed by atoms with van der Waals surface area (Å²) < 4.78 is 7.78. The average Bonchev–Trinajstić information content (AvgIpc) is 3.90. The van der Waals surface area contributed by atoms with E-state index in [0.717, 1.165) is 24.1 Å². The first-order valence-corrected chi connectivity index (χ1v) is 26.9. The van der Waals surface area contributed by atoms with Crippen LogP contribution in [0.1, 0.15) is 183 Å². The monoisotopic (exact) mass is 925 g/mol. The van der Waals surface area contributed by atoms with Crippen LogP contribution in [0.25, 0.3) is 22.1 Å². The number of fused-ring (bicyclic) bond motifs is 12. The van der Waals surface area contributed by atoms with E-state index in [1.807, 2.05) is 0 Å². The van der Waals surface area contributed by atoms with Crippen molar-refractivity contribution < 1.29 is 4.42 Å². The number of anilines is 5. The summed E-state index contributed by atoms with van der Waals surface area (Å²) in [6, 6.07) is 34.3. The smallest absolute Gasteiger partial charge is 0.297 e. The molecule has 4 heteroatoms. The Bertz CT molecular complexity index is 3280. The highest BCUT2D eigenvalue weighted by atomic mass is 16.3. The van der Waals surface area contributed by atoms with Crippen LogP contribution in [-0.2, 0) is 32.5 Å². The van der Waals surface area contributed by atoms with E-state index in [4.69, 9.17) is 4.42 Å². The van der Waals surface area contributed by atoms with Crippen molar-refractivity contribution in [2.45, 2.75) is 182 Å². The maximum atomic E-state index is 7.78. The summed E-state index contributed by atoms with van der Waals surface area (Å²) in [5, 5.41) is 1.25. The Morgan fingerprint density at radius 1 is 0.571 bits per heavy atom. The molecule has 3 unspecified atom stereocenters. The molecule has 0 spiro atoms. The Hall–Kier alpha value is -5.22. The molecule has 3 atom stereocenters. The topological polar surface area (TPSA) is 19.6 Å². The second-order valence-electron chi connectivity index (χ2n) is 28.0. The molecule has 0 amide bonds. The Kier molecular flexibility index (Phi) is 9.49. The van der Waals surface area contributed by atoms with Crippen molar-refractivity contribution in [3.05, 3.63) is 142 Å². The minimum Gasteiger partial charge on any atom is -0.468 e. The van der Waals surface area contributed by atoms with Gasteiger partial charge in [-0.25, -0.2) is 0 Å². The van der Waals surface area contributed by atoms with Crippen molar-refractivity contribution in [2.24, 2.45) is 11.3 Å². The van der Waals surface area contributed by atoms with Gasteiger partial charge in [-0.2, -0.15) is 0 Å². The van der Waals surface area contributed by atoms with Gasteiger partial charge in [0.05, 0.1) is 17.0 Å². The Balaban J connectivity index is 1.26. The van der Waals surface area contributed by atoms with Gasteiger partial charge in [-0.15, -0.1) is 0 Å². The normalized spacial score (nSPS) is 23.9. The number of hydrogen-bond donors (Lipinski definition) is 0. The first-order chi connectivity index (χ1) is 32.7. The van der Waals surface area contributed by atoms with Crippen LogP contribution < -0.4 is 26.4 Å². The molecule has 2 bridgehead atoms. The lowest BCUT2D eigenvalue weighted by molar-refractivity contribution is 0.332. The number of rotatable bonds is 3. The quantitative estimate of drug-likeness (QED) is 0.165. The molecule has 6 aliphatic rings. The third-order valence-electron chi connectivity index (χ3n) is 18.8. The molecular weight excluding hydrogens is 848 g/mol. The highest BCUT2D eigenvalue weighted by molar-refractivity contribution is 7.00. The maximum Gasteiger partial charge on any atom is 0.297 e. The van der Waals surface area contributed by atoms with Gasteiger partial charge in [-0.05, 0) is 175 Å². The standard InChI is InChI=1S/C66H77BN2O/c1-39-30-41(60(2,3)4)22-24-51(39)68-52-25-23-42(61(5,6)7)31-50(52)67-57-54(68)32-43(62(8,9)10)33-55(57)69(58-45-35-48-49(37-56(45)70-59(58)67)66(16)29-28-65(48,15)38-66)53-36-47-46(63(11,12)26-27-64(47,13)14)34-44(53)40-20-18-17-19-21-40/h17-25,31-37,39H,26-30,38H2,1-16H3. The van der Waals surface area contributed by atoms with Crippen LogP contribution >= 0.6 is 0 Å². The molecule has 3 nitrogen and oxygen atoms in total. The SMILES string of the molecule is CC1CC(C(C)(C)C)=CC=C1N1c2ccc(C(C)(C)C)cc2B2c3oc4cc5c(cc4c3N(c3cc4c(cc3-c3ccccc3)C(C)(C)CCC4(C)C)c3cc(C(C)(C)C)cc1c32)C1(C)CCC5(C)C1. The Morgan fingerprint density at radius 3 is 1.80 bits per heavy atom. The first kappa shape index (κ1) is 45.9. The van der Waals surface area contributed by atoms with E-state index in [9.17, 15) is 0 Å². The molecule has 0 saturated heterocycles. The minimum atomic E-state index is -0.131. The predicted molar refractivity (Wildman–Crippen MR) is 300 cm³/mol. The van der Waals surface area contributed by atoms with Gasteiger partial charge in [0.2, 0.25) is 0 Å². The zero-order valence-corrected chi connectivity index (χ0v) is 45.4. The van der Waals surface area contributed by atoms with Crippen molar-refractivity contribution in [1.82, 2.24) is 0 Å². The van der Waals surface area contributed by atoms with E-state index in [1.165, 1.54) is 126 Å². The van der Waals surface area contributed by atoms with E-state index in [-0.39, 0.29) is 44.6 Å². The van der Waals surface area contributed by atoms with Gasteiger partial charge in [0.1, 0.15) is 5.58 Å². The maximum absolute atomic E-state index is 7.78. The largest absolute Gasteiger partial charge is 0.468 e. The lowest BCUT2D eigenvalue weighted by atomic mass is 9.35. The van der Waals surface area contributed by atoms with E-state index >= 15 is 0 Å². The predicted octanol–water partition coefficient (Wildman–Crippen LogP) is 16.4. The van der Waals surface area contributed by atoms with Gasteiger partial charge in [-0.1, -0.05) is 165 Å². The lowest BCUT2D eigenvalue weighted by Crippen LogP contribution is -2.61. The van der Waals surface area contributed by atoms with Crippen molar-refractivity contribution in [3.63, 3.8) is 0 Å². The molecule has 2 aliphatic heterocycles. The van der Waals surface area contributed by atoms with Gasteiger partial charge in [-0.3, -0.25) is 0 Å². The number of nitrogens with zero attached hydrogens (tertiary/aromatic N) is 2. The zero-order valence-electron chi connectivity index (χ0n) is 45.4. The fraction of sp³-hybridized carbons (Fsp3) is 0.455. The minimum absolute atomic E-state index is 0.00728. The Labute approximate surface area is 420 Å². The van der Waals surface area contributed by atoms with Crippen molar-refractivity contribution in [3.8, 4) is 11.1 Å². The molecule has 6 aromatic rings. The molecule has 1 saturated carbocycles. The highest BCUT2D eigenvalue weighted by Gasteiger charge is 2.55.